The molecule has 0 saturated heterocycles. The molecule has 394 valence electrons. The van der Waals surface area contributed by atoms with Crippen molar-refractivity contribution in [2.24, 2.45) is 0 Å². The lowest BCUT2D eigenvalue weighted by molar-refractivity contribution is 0.195. The topological polar surface area (TPSA) is 22.9 Å². The Morgan fingerprint density at radius 3 is 1.60 bits per heavy atom. The summed E-state index contributed by atoms with van der Waals surface area (Å²) in [6, 6.07) is 54.6. The van der Waals surface area contributed by atoms with Crippen LogP contribution in [0.25, 0.3) is 22.1 Å². The molecular weight excluding hydrogens is 934 g/mol. The zero-order valence-corrected chi connectivity index (χ0v) is 49.4. The highest BCUT2D eigenvalue weighted by molar-refractivity contribution is 7.00. The van der Waals surface area contributed by atoms with Gasteiger partial charge in [0.05, 0.1) is 28.3 Å². The summed E-state index contributed by atoms with van der Waals surface area (Å²) in [6.07, 6.45) is 4.69. The molecule has 0 bridgehead atoms. The van der Waals surface area contributed by atoms with Crippen molar-refractivity contribution in [1.29, 1.82) is 0 Å². The number of hydrogen-bond donors (Lipinski definition) is 0. The molecule has 7 aromatic carbocycles. The minimum atomic E-state index is -0.187. The molecule has 1 aromatic heterocycles. The number of rotatable bonds is 5. The predicted molar refractivity (Wildman–Crippen MR) is 332 cm³/mol. The Labute approximate surface area is 462 Å². The molecule has 0 radical (unpaired) electrons. The van der Waals surface area contributed by atoms with Crippen molar-refractivity contribution in [3.63, 3.8) is 0 Å². The molecule has 3 aliphatic heterocycles. The number of hydrogen-bond acceptors (Lipinski definition) is 4. The van der Waals surface area contributed by atoms with Crippen LogP contribution in [0.4, 0.5) is 45.5 Å². The third-order valence-corrected chi connectivity index (χ3v) is 18.8. The van der Waals surface area contributed by atoms with Crippen LogP contribution in [0.1, 0.15) is 177 Å². The van der Waals surface area contributed by atoms with Gasteiger partial charge in [0.2, 0.25) is 0 Å². The molecule has 0 amide bonds. The quantitative estimate of drug-likeness (QED) is 0.160. The molecule has 77 heavy (non-hydrogen) atoms. The Hall–Kier alpha value is -6.46. The Morgan fingerprint density at radius 2 is 1.01 bits per heavy atom. The standard InChI is InChI=1S/C72H82BN3O/c1-66(2,3)46-25-31-51(32-26-46)74(52-33-27-47(28-34-52)67(4,5)6)53-43-59-62-60(44-53)76-64-56(71(16)37-21-22-38-72(71,76)17)40-50(70(13,14)15)41-57(64)73(62)65-63(54-35-29-49(69(10,11)12)42-61(54)77-65)75(59)58-36-30-48(68(7,8)9)39-55(58)45-23-19-18-20-24-45/h18-20,23-36,39-44H,21-22,37-38H2,1-17H3. The molecule has 0 spiro atoms. The highest BCUT2D eigenvalue weighted by atomic mass is 16.3. The Balaban J connectivity index is 1.26. The van der Waals surface area contributed by atoms with Gasteiger partial charge >= 0.3 is 0 Å². The van der Waals surface area contributed by atoms with Crippen molar-refractivity contribution in [2.75, 3.05) is 14.7 Å². The molecule has 1 aliphatic carbocycles. The molecule has 12 rings (SSSR count). The van der Waals surface area contributed by atoms with Crippen LogP contribution in [0.3, 0.4) is 0 Å². The first-order valence-electron chi connectivity index (χ1n) is 28.8. The molecule has 4 heterocycles. The lowest BCUT2D eigenvalue weighted by Gasteiger charge is -2.52. The average Bonchev–Trinajstić information content (AvgIpc) is 4.10. The monoisotopic (exact) mass is 1020 g/mol. The van der Waals surface area contributed by atoms with Gasteiger partial charge in [0.1, 0.15) is 5.58 Å². The van der Waals surface area contributed by atoms with Crippen LogP contribution in [-0.4, -0.2) is 12.3 Å². The first kappa shape index (κ1) is 51.3. The van der Waals surface area contributed by atoms with Crippen LogP contribution in [0.5, 0.6) is 0 Å². The summed E-state index contributed by atoms with van der Waals surface area (Å²) in [5, 5.41) is 1.13. The van der Waals surface area contributed by atoms with E-state index in [2.05, 4.69) is 272 Å². The van der Waals surface area contributed by atoms with Gasteiger partial charge in [-0.2, -0.15) is 0 Å². The van der Waals surface area contributed by atoms with E-state index in [1.807, 2.05) is 0 Å². The van der Waals surface area contributed by atoms with E-state index in [0.29, 0.717) is 0 Å². The second-order valence-corrected chi connectivity index (χ2v) is 29.1. The number of fused-ring (bicyclic) bond motifs is 9. The van der Waals surface area contributed by atoms with Crippen molar-refractivity contribution >= 4 is 79.8 Å². The van der Waals surface area contributed by atoms with Gasteiger partial charge < -0.3 is 19.1 Å². The van der Waals surface area contributed by atoms with Crippen LogP contribution in [0, 0.1) is 0 Å². The lowest BCUT2D eigenvalue weighted by atomic mass is 9.35. The summed E-state index contributed by atoms with van der Waals surface area (Å²) in [5.74, 6) is 0. The van der Waals surface area contributed by atoms with E-state index in [4.69, 9.17) is 4.42 Å². The minimum Gasteiger partial charge on any atom is -0.468 e. The highest BCUT2D eigenvalue weighted by Crippen LogP contribution is 2.63. The van der Waals surface area contributed by atoms with Gasteiger partial charge in [0.25, 0.3) is 6.71 Å². The second-order valence-electron chi connectivity index (χ2n) is 29.1. The summed E-state index contributed by atoms with van der Waals surface area (Å²) in [6.45, 7) is 40.1. The summed E-state index contributed by atoms with van der Waals surface area (Å²) >= 11 is 0. The van der Waals surface area contributed by atoms with Gasteiger partial charge in [-0.3, -0.25) is 0 Å². The fourth-order valence-electron chi connectivity index (χ4n) is 13.8. The first-order valence-corrected chi connectivity index (χ1v) is 28.8. The zero-order chi connectivity index (χ0) is 54.7. The van der Waals surface area contributed by atoms with Crippen LogP contribution in [-0.2, 0) is 32.5 Å². The molecule has 4 nitrogen and oxygen atoms in total. The Morgan fingerprint density at radius 1 is 0.481 bits per heavy atom. The minimum absolute atomic E-state index is 0.0107. The summed E-state index contributed by atoms with van der Waals surface area (Å²) in [4.78, 5) is 8.07. The predicted octanol–water partition coefficient (Wildman–Crippen LogP) is 18.4. The van der Waals surface area contributed by atoms with Crippen LogP contribution in [0.15, 0.2) is 144 Å². The van der Waals surface area contributed by atoms with Gasteiger partial charge in [-0.25, -0.2) is 0 Å². The first-order chi connectivity index (χ1) is 36.1. The van der Waals surface area contributed by atoms with Gasteiger partial charge in [0.15, 0.2) is 0 Å². The molecule has 8 aromatic rings. The largest absolute Gasteiger partial charge is 0.468 e. The summed E-state index contributed by atoms with van der Waals surface area (Å²) < 4.78 is 7.72. The number of benzene rings is 7. The van der Waals surface area contributed by atoms with Crippen LogP contribution in [0.2, 0.25) is 0 Å². The maximum absolute atomic E-state index is 7.72. The second kappa shape index (κ2) is 17.0. The number of anilines is 8. The molecule has 5 heteroatoms. The van der Waals surface area contributed by atoms with Gasteiger partial charge in [0, 0.05) is 44.8 Å². The molecule has 4 aliphatic rings. The van der Waals surface area contributed by atoms with E-state index >= 15 is 0 Å². The maximum Gasteiger partial charge on any atom is 0.297 e. The highest BCUT2D eigenvalue weighted by Gasteiger charge is 2.62. The van der Waals surface area contributed by atoms with Gasteiger partial charge in [-0.1, -0.05) is 202 Å². The van der Waals surface area contributed by atoms with E-state index in [1.165, 1.54) is 85.3 Å². The SMILES string of the molecule is CC(C)(C)c1ccc(N(c2ccc(C(C)(C)C)cc2)c2cc3c4c(c2)N2c5c(cc(C(C)(C)C)cc5C5(C)CCCCC25C)B4c2oc4cc(C(C)(C)C)ccc4c2N3c2ccc(C(C)(C)C)cc2-c2ccccc2)cc1. The maximum atomic E-state index is 7.72. The normalized spacial score (nSPS) is 19.1. The molecular formula is C72H82BN3O. The number of furan rings is 1. The van der Waals surface area contributed by atoms with Gasteiger partial charge in [-0.05, 0) is 157 Å². The lowest BCUT2D eigenvalue weighted by Crippen LogP contribution is -2.64. The van der Waals surface area contributed by atoms with E-state index in [0.717, 1.165) is 57.9 Å². The van der Waals surface area contributed by atoms with Crippen molar-refractivity contribution in [3.8, 4) is 11.1 Å². The van der Waals surface area contributed by atoms with Crippen LogP contribution >= 0.6 is 0 Å². The molecule has 1 fully saturated rings. The van der Waals surface area contributed by atoms with Crippen molar-refractivity contribution < 1.29 is 4.42 Å². The molecule has 0 N–H and O–H groups in total. The van der Waals surface area contributed by atoms with Crippen molar-refractivity contribution in [1.82, 2.24) is 0 Å². The third kappa shape index (κ3) is 7.97. The van der Waals surface area contributed by atoms with Crippen molar-refractivity contribution in [3.05, 3.63) is 173 Å². The third-order valence-electron chi connectivity index (χ3n) is 18.8. The fraction of sp³-hybridized carbons (Fsp3) is 0.389. The Bertz CT molecular complexity index is 3580. The van der Waals surface area contributed by atoms with E-state index in [1.54, 1.807) is 0 Å². The Kier molecular flexibility index (Phi) is 11.3. The fourth-order valence-corrected chi connectivity index (χ4v) is 13.8. The van der Waals surface area contributed by atoms with Gasteiger partial charge in [-0.15, -0.1) is 0 Å². The smallest absolute Gasteiger partial charge is 0.297 e. The zero-order valence-electron chi connectivity index (χ0n) is 49.4. The summed E-state index contributed by atoms with van der Waals surface area (Å²) in [5.41, 5.74) is 24.3. The molecule has 1 saturated carbocycles. The number of nitrogens with zero attached hydrogens (tertiary/aromatic N) is 3. The van der Waals surface area contributed by atoms with E-state index in [9.17, 15) is 0 Å². The van der Waals surface area contributed by atoms with Crippen molar-refractivity contribution in [2.45, 2.75) is 181 Å². The molecule has 2 unspecified atom stereocenters. The van der Waals surface area contributed by atoms with E-state index in [-0.39, 0.29) is 44.7 Å². The van der Waals surface area contributed by atoms with Crippen LogP contribution < -0.4 is 31.3 Å². The average molecular weight is 1020 g/mol. The van der Waals surface area contributed by atoms with E-state index < -0.39 is 0 Å². The summed E-state index contributed by atoms with van der Waals surface area (Å²) in [7, 11) is 0. The molecule has 2 atom stereocenters.